The van der Waals surface area contributed by atoms with E-state index in [1.165, 1.54) is 24.8 Å². The Kier molecular flexibility index (Phi) is 6.86. The summed E-state index contributed by atoms with van der Waals surface area (Å²) in [7, 11) is -3.16. The lowest BCUT2D eigenvalue weighted by Crippen LogP contribution is -2.44. The standard InChI is InChI=1S/C17H28N2O2S/c1-16(19-12-6-3-7-13-19)15-18-22(20,21)14-8-11-17-9-4-2-5-10-17/h2,4-5,9-10,16,18H,3,6-8,11-15H2,1H3. The Morgan fingerprint density at radius 2 is 1.82 bits per heavy atom. The second-order valence-electron chi connectivity index (χ2n) is 6.20. The smallest absolute Gasteiger partial charge is 0.211 e. The zero-order chi connectivity index (χ0) is 15.8. The normalized spacial score (nSPS) is 18.2. The fourth-order valence-corrected chi connectivity index (χ4v) is 4.08. The van der Waals surface area contributed by atoms with Crippen LogP contribution in [-0.4, -0.2) is 44.7 Å². The summed E-state index contributed by atoms with van der Waals surface area (Å²) in [6.45, 7) is 4.82. The fourth-order valence-electron chi connectivity index (χ4n) is 2.92. The Labute approximate surface area is 135 Å². The fraction of sp³-hybridized carbons (Fsp3) is 0.647. The van der Waals surface area contributed by atoms with Gasteiger partial charge in [0.05, 0.1) is 5.75 Å². The first-order valence-corrected chi connectivity index (χ1v) is 9.97. The Morgan fingerprint density at radius 3 is 2.50 bits per heavy atom. The molecule has 4 nitrogen and oxygen atoms in total. The van der Waals surface area contributed by atoms with Crippen LogP contribution in [-0.2, 0) is 16.4 Å². The highest BCUT2D eigenvalue weighted by Gasteiger charge is 2.18. The third kappa shape index (κ3) is 6.07. The minimum absolute atomic E-state index is 0.203. The Morgan fingerprint density at radius 1 is 1.14 bits per heavy atom. The highest BCUT2D eigenvalue weighted by atomic mass is 32.2. The number of likely N-dealkylation sites (tertiary alicyclic amines) is 1. The minimum Gasteiger partial charge on any atom is -0.299 e. The Bertz CT molecular complexity index is 525. The van der Waals surface area contributed by atoms with Gasteiger partial charge in [0.2, 0.25) is 10.0 Å². The maximum Gasteiger partial charge on any atom is 0.211 e. The van der Waals surface area contributed by atoms with Crippen LogP contribution in [0.3, 0.4) is 0 Å². The molecular formula is C17H28N2O2S. The van der Waals surface area contributed by atoms with Gasteiger partial charge in [-0.2, -0.15) is 0 Å². The van der Waals surface area contributed by atoms with Crippen LogP contribution in [0.4, 0.5) is 0 Å². The molecule has 1 aromatic carbocycles. The predicted molar refractivity (Wildman–Crippen MR) is 91.4 cm³/mol. The van der Waals surface area contributed by atoms with Gasteiger partial charge in [0, 0.05) is 12.6 Å². The summed E-state index contributed by atoms with van der Waals surface area (Å²) >= 11 is 0. The van der Waals surface area contributed by atoms with Crippen LogP contribution in [0.2, 0.25) is 0 Å². The number of benzene rings is 1. The Hall–Kier alpha value is -0.910. The number of aryl methyl sites for hydroxylation is 1. The third-order valence-electron chi connectivity index (χ3n) is 4.33. The van der Waals surface area contributed by atoms with E-state index in [0.717, 1.165) is 19.5 Å². The van der Waals surface area contributed by atoms with Crippen molar-refractivity contribution in [1.29, 1.82) is 0 Å². The molecule has 1 aromatic rings. The lowest BCUT2D eigenvalue weighted by atomic mass is 10.1. The third-order valence-corrected chi connectivity index (χ3v) is 5.77. The molecule has 0 saturated carbocycles. The van der Waals surface area contributed by atoms with Crippen LogP contribution < -0.4 is 4.72 Å². The van der Waals surface area contributed by atoms with Gasteiger partial charge < -0.3 is 0 Å². The molecule has 2 rings (SSSR count). The summed E-state index contributed by atoms with van der Waals surface area (Å²) in [6.07, 6.45) is 5.23. The molecule has 0 radical (unpaired) electrons. The van der Waals surface area contributed by atoms with E-state index in [1.54, 1.807) is 0 Å². The van der Waals surface area contributed by atoms with Gasteiger partial charge in [-0.3, -0.25) is 4.90 Å². The van der Waals surface area contributed by atoms with Crippen LogP contribution in [0.5, 0.6) is 0 Å². The highest BCUT2D eigenvalue weighted by Crippen LogP contribution is 2.11. The van der Waals surface area contributed by atoms with Crippen LogP contribution in [0.15, 0.2) is 30.3 Å². The molecule has 0 aromatic heterocycles. The van der Waals surface area contributed by atoms with E-state index >= 15 is 0 Å². The average molecular weight is 324 g/mol. The van der Waals surface area contributed by atoms with Crippen molar-refractivity contribution in [2.45, 2.75) is 45.1 Å². The van der Waals surface area contributed by atoms with E-state index in [0.29, 0.717) is 13.0 Å². The lowest BCUT2D eigenvalue weighted by molar-refractivity contribution is 0.175. The largest absolute Gasteiger partial charge is 0.299 e. The van der Waals surface area contributed by atoms with Crippen molar-refractivity contribution in [2.24, 2.45) is 0 Å². The van der Waals surface area contributed by atoms with Gasteiger partial charge in [-0.25, -0.2) is 13.1 Å². The summed E-state index contributed by atoms with van der Waals surface area (Å²) in [6, 6.07) is 10.3. The quantitative estimate of drug-likeness (QED) is 0.799. The molecule has 5 heteroatoms. The van der Waals surface area contributed by atoms with Crippen LogP contribution in [0, 0.1) is 0 Å². The number of piperidine rings is 1. The van der Waals surface area contributed by atoms with E-state index in [2.05, 4.69) is 16.5 Å². The molecule has 1 unspecified atom stereocenters. The molecule has 124 valence electrons. The summed E-state index contributed by atoms with van der Waals surface area (Å²) in [4.78, 5) is 2.38. The van der Waals surface area contributed by atoms with Crippen molar-refractivity contribution in [2.75, 3.05) is 25.4 Å². The summed E-state index contributed by atoms with van der Waals surface area (Å²) < 4.78 is 26.9. The topological polar surface area (TPSA) is 49.4 Å². The number of hydrogen-bond acceptors (Lipinski definition) is 3. The van der Waals surface area contributed by atoms with Crippen molar-refractivity contribution in [3.63, 3.8) is 0 Å². The molecule has 1 N–H and O–H groups in total. The minimum atomic E-state index is -3.16. The van der Waals surface area contributed by atoms with Gasteiger partial charge in [0.25, 0.3) is 0 Å². The molecule has 0 bridgehead atoms. The van der Waals surface area contributed by atoms with Gasteiger partial charge in [-0.05, 0) is 51.3 Å². The molecule has 1 saturated heterocycles. The number of nitrogens with zero attached hydrogens (tertiary/aromatic N) is 1. The van der Waals surface area contributed by atoms with E-state index < -0.39 is 10.0 Å². The van der Waals surface area contributed by atoms with Crippen molar-refractivity contribution in [1.82, 2.24) is 9.62 Å². The van der Waals surface area contributed by atoms with Crippen LogP contribution >= 0.6 is 0 Å². The van der Waals surface area contributed by atoms with E-state index in [9.17, 15) is 8.42 Å². The second-order valence-corrected chi connectivity index (χ2v) is 8.13. The molecule has 22 heavy (non-hydrogen) atoms. The van der Waals surface area contributed by atoms with Gasteiger partial charge >= 0.3 is 0 Å². The SMILES string of the molecule is CC(CNS(=O)(=O)CCCc1ccccc1)N1CCCCC1. The summed E-state index contributed by atoms with van der Waals surface area (Å²) in [5, 5.41) is 0. The van der Waals surface area contributed by atoms with E-state index in [-0.39, 0.29) is 11.8 Å². The average Bonchev–Trinajstić information content (AvgIpc) is 2.54. The first-order chi connectivity index (χ1) is 10.6. The first-order valence-electron chi connectivity index (χ1n) is 8.32. The summed E-state index contributed by atoms with van der Waals surface area (Å²) in [5.74, 6) is 0.203. The van der Waals surface area contributed by atoms with E-state index in [1.807, 2.05) is 30.3 Å². The first kappa shape index (κ1) is 17.4. The molecule has 1 fully saturated rings. The molecule has 1 aliphatic rings. The van der Waals surface area contributed by atoms with Crippen LogP contribution in [0.1, 0.15) is 38.2 Å². The van der Waals surface area contributed by atoms with Crippen molar-refractivity contribution in [3.05, 3.63) is 35.9 Å². The maximum atomic E-state index is 12.1. The Balaban J connectivity index is 1.69. The molecule has 0 amide bonds. The van der Waals surface area contributed by atoms with Crippen molar-refractivity contribution >= 4 is 10.0 Å². The highest BCUT2D eigenvalue weighted by molar-refractivity contribution is 7.89. The molecule has 1 heterocycles. The molecule has 1 atom stereocenters. The van der Waals surface area contributed by atoms with E-state index in [4.69, 9.17) is 0 Å². The van der Waals surface area contributed by atoms with Crippen molar-refractivity contribution in [3.8, 4) is 0 Å². The van der Waals surface area contributed by atoms with Crippen LogP contribution in [0.25, 0.3) is 0 Å². The molecule has 1 aliphatic heterocycles. The lowest BCUT2D eigenvalue weighted by Gasteiger charge is -2.32. The molecular weight excluding hydrogens is 296 g/mol. The molecule has 0 aliphatic carbocycles. The van der Waals surface area contributed by atoms with Gasteiger partial charge in [-0.15, -0.1) is 0 Å². The summed E-state index contributed by atoms with van der Waals surface area (Å²) in [5.41, 5.74) is 1.19. The number of hydrogen-bond donors (Lipinski definition) is 1. The maximum absolute atomic E-state index is 12.1. The van der Waals surface area contributed by atoms with Gasteiger partial charge in [0.15, 0.2) is 0 Å². The zero-order valence-electron chi connectivity index (χ0n) is 13.5. The second kappa shape index (κ2) is 8.65. The number of nitrogens with one attached hydrogen (secondary N) is 1. The van der Waals surface area contributed by atoms with Crippen molar-refractivity contribution < 1.29 is 8.42 Å². The predicted octanol–water partition coefficient (Wildman–Crippen LogP) is 2.41. The molecule has 0 spiro atoms. The van der Waals surface area contributed by atoms with Gasteiger partial charge in [0.1, 0.15) is 0 Å². The van der Waals surface area contributed by atoms with Gasteiger partial charge in [-0.1, -0.05) is 36.8 Å². The zero-order valence-corrected chi connectivity index (χ0v) is 14.3. The number of rotatable bonds is 8. The monoisotopic (exact) mass is 324 g/mol. The number of sulfonamides is 1.